The number of carbonyl (C=O) groups excluding carboxylic acids is 2. The smallest absolute Gasteiger partial charge is 0.305 e. The number of aliphatic hydroxyl groups is 1. The number of thiol groups is 1. The molecule has 0 aliphatic rings. The maximum absolute atomic E-state index is 11.7. The first-order valence-corrected chi connectivity index (χ1v) is 8.78. The molecule has 0 aliphatic heterocycles. The molecule has 8 heteroatoms. The van der Waals surface area contributed by atoms with E-state index in [0.29, 0.717) is 18.7 Å². The maximum atomic E-state index is 11.7. The molecule has 0 bridgehead atoms. The molecule has 0 spiro atoms. The van der Waals surface area contributed by atoms with Crippen LogP contribution in [0.15, 0.2) is 0 Å². The molecular formula is C16H31NO6S. The minimum atomic E-state index is -0.755. The van der Waals surface area contributed by atoms with Gasteiger partial charge in [-0.15, -0.1) is 0 Å². The van der Waals surface area contributed by atoms with Crippen LogP contribution in [0.3, 0.4) is 0 Å². The molecule has 0 aromatic heterocycles. The third-order valence-electron chi connectivity index (χ3n) is 2.73. The van der Waals surface area contributed by atoms with Crippen LogP contribution in [0.4, 0.5) is 0 Å². The van der Waals surface area contributed by atoms with Gasteiger partial charge in [0.25, 0.3) is 0 Å². The molecular weight excluding hydrogens is 334 g/mol. The van der Waals surface area contributed by atoms with Crippen LogP contribution in [-0.2, 0) is 23.8 Å². The van der Waals surface area contributed by atoms with Gasteiger partial charge in [0.05, 0.1) is 18.3 Å². The molecule has 0 heterocycles. The summed E-state index contributed by atoms with van der Waals surface area (Å²) in [6.45, 7) is 7.57. The number of esters is 1. The predicted octanol–water partition coefficient (Wildman–Crippen LogP) is 1.28. The van der Waals surface area contributed by atoms with E-state index in [0.717, 1.165) is 0 Å². The number of rotatable bonds is 12. The Balaban J connectivity index is 4.13. The number of hydrogen-bond donors (Lipinski definition) is 3. The highest BCUT2D eigenvalue weighted by Gasteiger charge is 2.22. The lowest BCUT2D eigenvalue weighted by atomic mass is 10.2. The summed E-state index contributed by atoms with van der Waals surface area (Å²) in [5.74, 6) is 0.0560. The van der Waals surface area contributed by atoms with Gasteiger partial charge in [-0.2, -0.15) is 12.6 Å². The summed E-state index contributed by atoms with van der Waals surface area (Å²) in [6.07, 6.45) is -0.355. The topological polar surface area (TPSA) is 94.1 Å². The van der Waals surface area contributed by atoms with E-state index in [1.807, 2.05) is 20.8 Å². The van der Waals surface area contributed by atoms with Crippen LogP contribution in [0.5, 0.6) is 0 Å². The average Bonchev–Trinajstić information content (AvgIpc) is 2.49. The maximum Gasteiger partial charge on any atom is 0.305 e. The monoisotopic (exact) mass is 365 g/mol. The van der Waals surface area contributed by atoms with Crippen molar-refractivity contribution in [1.82, 2.24) is 5.32 Å². The molecule has 1 amide bonds. The first-order valence-electron chi connectivity index (χ1n) is 8.15. The highest BCUT2D eigenvalue weighted by atomic mass is 32.1. The van der Waals surface area contributed by atoms with Crippen LogP contribution in [0.1, 0.15) is 47.0 Å². The molecule has 0 aliphatic carbocycles. The Hall–Kier alpha value is -0.830. The lowest BCUT2D eigenvalue weighted by molar-refractivity contribution is -0.235. The summed E-state index contributed by atoms with van der Waals surface area (Å²) in [7, 11) is 0. The van der Waals surface area contributed by atoms with E-state index in [9.17, 15) is 9.59 Å². The van der Waals surface area contributed by atoms with Gasteiger partial charge in [0, 0.05) is 25.1 Å². The molecule has 0 aromatic carbocycles. The fourth-order valence-corrected chi connectivity index (χ4v) is 1.82. The number of nitrogens with one attached hydrogen (secondary N) is 1. The second-order valence-corrected chi connectivity index (χ2v) is 6.85. The third-order valence-corrected chi connectivity index (χ3v) is 2.95. The number of hydrogen-bond acceptors (Lipinski definition) is 7. The molecule has 0 saturated heterocycles. The largest absolute Gasteiger partial charge is 0.460 e. The summed E-state index contributed by atoms with van der Waals surface area (Å²) in [5, 5.41) is 11.7. The van der Waals surface area contributed by atoms with E-state index >= 15 is 0 Å². The second kappa shape index (κ2) is 12.5. The van der Waals surface area contributed by atoms with Crippen molar-refractivity contribution in [3.8, 4) is 0 Å². The van der Waals surface area contributed by atoms with Crippen LogP contribution in [0, 0.1) is 0 Å². The molecule has 2 unspecified atom stereocenters. The zero-order valence-corrected chi connectivity index (χ0v) is 15.9. The minimum absolute atomic E-state index is 0.0632. The zero-order chi connectivity index (χ0) is 18.6. The summed E-state index contributed by atoms with van der Waals surface area (Å²) in [5.41, 5.74) is -0.475. The summed E-state index contributed by atoms with van der Waals surface area (Å²) in [4.78, 5) is 23.1. The summed E-state index contributed by atoms with van der Waals surface area (Å²) >= 11 is 4.00. The van der Waals surface area contributed by atoms with Crippen molar-refractivity contribution in [2.45, 2.75) is 65.0 Å². The first kappa shape index (κ1) is 23.2. The van der Waals surface area contributed by atoms with E-state index in [1.54, 1.807) is 6.92 Å². The molecule has 24 heavy (non-hydrogen) atoms. The number of ether oxygens (including phenoxy) is 3. The van der Waals surface area contributed by atoms with Crippen molar-refractivity contribution in [2.75, 3.05) is 25.5 Å². The van der Waals surface area contributed by atoms with Crippen molar-refractivity contribution in [1.29, 1.82) is 0 Å². The average molecular weight is 365 g/mol. The Bertz CT molecular complexity index is 372. The van der Waals surface area contributed by atoms with Gasteiger partial charge in [-0.05, 0) is 34.1 Å². The normalized spacial score (nSPS) is 14.1. The quantitative estimate of drug-likeness (QED) is 0.274. The Morgan fingerprint density at radius 1 is 1.25 bits per heavy atom. The molecule has 142 valence electrons. The van der Waals surface area contributed by atoms with E-state index < -0.39 is 24.0 Å². The predicted molar refractivity (Wildman–Crippen MR) is 93.9 cm³/mol. The Morgan fingerprint density at radius 2 is 1.92 bits per heavy atom. The Labute approximate surface area is 149 Å². The number of amides is 1. The standard InChI is InChI=1S/C16H31NO6S/c1-12(10-18)22-15(23-16(2,3)4)11-21-14(20)7-5-6-13(19)17-8-9-24/h12,15,18,24H,5-11H2,1-4H3,(H,17,19). The highest BCUT2D eigenvalue weighted by Crippen LogP contribution is 2.14. The van der Waals surface area contributed by atoms with Crippen LogP contribution in [-0.4, -0.2) is 60.5 Å². The fraction of sp³-hybridized carbons (Fsp3) is 0.875. The van der Waals surface area contributed by atoms with Gasteiger partial charge >= 0.3 is 5.97 Å². The summed E-state index contributed by atoms with van der Waals surface area (Å²) in [6, 6.07) is 0. The van der Waals surface area contributed by atoms with Gasteiger partial charge in [0.15, 0.2) is 6.29 Å². The van der Waals surface area contributed by atoms with Gasteiger partial charge in [0.1, 0.15) is 6.61 Å². The van der Waals surface area contributed by atoms with Crippen LogP contribution in [0.25, 0.3) is 0 Å². The molecule has 0 aromatic rings. The lowest BCUT2D eigenvalue weighted by Gasteiger charge is -2.28. The van der Waals surface area contributed by atoms with Crippen LogP contribution in [0.2, 0.25) is 0 Å². The first-order chi connectivity index (χ1) is 11.2. The zero-order valence-electron chi connectivity index (χ0n) is 15.0. The third kappa shape index (κ3) is 13.6. The van der Waals surface area contributed by atoms with Crippen molar-refractivity contribution in [3.05, 3.63) is 0 Å². The molecule has 0 saturated carbocycles. The van der Waals surface area contributed by atoms with Gasteiger partial charge in [-0.25, -0.2) is 0 Å². The Kier molecular flexibility index (Phi) is 12.1. The molecule has 2 atom stereocenters. The molecule has 7 nitrogen and oxygen atoms in total. The van der Waals surface area contributed by atoms with Crippen LogP contribution >= 0.6 is 12.6 Å². The fourth-order valence-electron chi connectivity index (χ4n) is 1.71. The Morgan fingerprint density at radius 3 is 2.46 bits per heavy atom. The van der Waals surface area contributed by atoms with E-state index in [1.165, 1.54) is 0 Å². The van der Waals surface area contributed by atoms with Gasteiger partial charge < -0.3 is 24.6 Å². The molecule has 0 fully saturated rings. The van der Waals surface area contributed by atoms with Crippen molar-refractivity contribution >= 4 is 24.5 Å². The van der Waals surface area contributed by atoms with Crippen LogP contribution < -0.4 is 5.32 Å². The number of carbonyl (C=O) groups is 2. The molecule has 2 N–H and O–H groups in total. The van der Waals surface area contributed by atoms with Crippen molar-refractivity contribution in [2.24, 2.45) is 0 Å². The molecule has 0 rings (SSSR count). The minimum Gasteiger partial charge on any atom is -0.460 e. The second-order valence-electron chi connectivity index (χ2n) is 6.40. The van der Waals surface area contributed by atoms with Crippen molar-refractivity contribution in [3.63, 3.8) is 0 Å². The summed E-state index contributed by atoms with van der Waals surface area (Å²) < 4.78 is 16.3. The van der Waals surface area contributed by atoms with Gasteiger partial charge in [-0.1, -0.05) is 0 Å². The highest BCUT2D eigenvalue weighted by molar-refractivity contribution is 7.80. The van der Waals surface area contributed by atoms with Gasteiger partial charge in [-0.3, -0.25) is 9.59 Å². The van der Waals surface area contributed by atoms with Crippen molar-refractivity contribution < 1.29 is 28.9 Å². The molecule has 0 radical (unpaired) electrons. The van der Waals surface area contributed by atoms with Gasteiger partial charge in [0.2, 0.25) is 5.91 Å². The number of aliphatic hydroxyl groups excluding tert-OH is 1. The van der Waals surface area contributed by atoms with E-state index in [-0.39, 0.29) is 32.0 Å². The van der Waals surface area contributed by atoms with E-state index in [2.05, 4.69) is 17.9 Å². The SMILES string of the molecule is CC(CO)OC(COC(=O)CCCC(=O)NCCS)OC(C)(C)C. The lowest BCUT2D eigenvalue weighted by Crippen LogP contribution is -2.36. The van der Waals surface area contributed by atoms with E-state index in [4.69, 9.17) is 19.3 Å².